The zero-order chi connectivity index (χ0) is 7.98. The summed E-state index contributed by atoms with van der Waals surface area (Å²) in [5.74, 6) is 0.707. The molecule has 0 aromatic rings. The maximum Gasteiger partial charge on any atom is 0.132 e. The smallest absolute Gasteiger partial charge is 0.132 e. The molecule has 0 aliphatic carbocycles. The van der Waals surface area contributed by atoms with Crippen molar-refractivity contribution < 1.29 is 4.79 Å². The zero-order valence-electron chi connectivity index (χ0n) is 7.31. The molecule has 0 rings (SSSR count). The van der Waals surface area contributed by atoms with E-state index in [0.29, 0.717) is 11.7 Å². The minimum atomic E-state index is 0. The van der Waals surface area contributed by atoms with Gasteiger partial charge in [0.2, 0.25) is 0 Å². The Balaban J connectivity index is 0. The molecule has 0 aliphatic rings. The Morgan fingerprint density at radius 3 is 1.73 bits per heavy atom. The van der Waals surface area contributed by atoms with Crippen molar-refractivity contribution in [3.05, 3.63) is 0 Å². The van der Waals surface area contributed by atoms with Crippen LogP contribution in [0.5, 0.6) is 0 Å². The topological polar surface area (TPSA) is 17.1 Å². The number of hydrogen-bond acceptors (Lipinski definition) is 1. The number of rotatable bonds is 5. The normalized spacial score (nSPS) is 9.45. The Kier molecular flexibility index (Phi) is 9.38. The SMILES string of the molecule is C.CCCC(CCC)C(C)=O. The van der Waals surface area contributed by atoms with Gasteiger partial charge in [0, 0.05) is 5.92 Å². The fourth-order valence-electron chi connectivity index (χ4n) is 1.25. The highest BCUT2D eigenvalue weighted by atomic mass is 16.1. The molecule has 0 fully saturated rings. The standard InChI is InChI=1S/C9H18O.CH4/c1-4-6-9(7-5-2)8(3)10;/h9H,4-7H2,1-3H3;1H4. The third-order valence-corrected chi connectivity index (χ3v) is 1.85. The van der Waals surface area contributed by atoms with Crippen LogP contribution < -0.4 is 0 Å². The monoisotopic (exact) mass is 158 g/mol. The van der Waals surface area contributed by atoms with E-state index in [-0.39, 0.29) is 7.43 Å². The third-order valence-electron chi connectivity index (χ3n) is 1.85. The van der Waals surface area contributed by atoms with E-state index in [9.17, 15) is 4.79 Å². The number of ketones is 1. The molecule has 0 amide bonds. The second-order valence-electron chi connectivity index (χ2n) is 2.88. The number of hydrogen-bond donors (Lipinski definition) is 0. The second kappa shape index (κ2) is 7.77. The van der Waals surface area contributed by atoms with Crippen molar-refractivity contribution >= 4 is 5.78 Å². The lowest BCUT2D eigenvalue weighted by Crippen LogP contribution is -2.09. The van der Waals surface area contributed by atoms with Crippen molar-refractivity contribution in [3.8, 4) is 0 Å². The van der Waals surface area contributed by atoms with Crippen molar-refractivity contribution in [2.45, 2.75) is 53.9 Å². The summed E-state index contributed by atoms with van der Waals surface area (Å²) in [4.78, 5) is 10.9. The average molecular weight is 158 g/mol. The van der Waals surface area contributed by atoms with Crippen molar-refractivity contribution in [2.24, 2.45) is 5.92 Å². The fraction of sp³-hybridized carbons (Fsp3) is 0.900. The van der Waals surface area contributed by atoms with E-state index in [1.165, 1.54) is 0 Å². The molecule has 1 nitrogen and oxygen atoms in total. The summed E-state index contributed by atoms with van der Waals surface area (Å²) >= 11 is 0. The molecule has 0 aliphatic heterocycles. The Labute approximate surface area is 71.2 Å². The first-order valence-corrected chi connectivity index (χ1v) is 4.22. The molecule has 0 bridgehead atoms. The molecule has 0 aromatic carbocycles. The van der Waals surface area contributed by atoms with Crippen molar-refractivity contribution in [3.63, 3.8) is 0 Å². The highest BCUT2D eigenvalue weighted by molar-refractivity contribution is 5.78. The molecule has 0 spiro atoms. The van der Waals surface area contributed by atoms with Crippen LogP contribution in [-0.4, -0.2) is 5.78 Å². The average Bonchev–Trinajstić information content (AvgIpc) is 1.87. The Morgan fingerprint density at radius 1 is 1.18 bits per heavy atom. The first kappa shape index (κ1) is 13.3. The first-order valence-electron chi connectivity index (χ1n) is 4.22. The largest absolute Gasteiger partial charge is 0.300 e. The minimum absolute atomic E-state index is 0. The summed E-state index contributed by atoms with van der Waals surface area (Å²) < 4.78 is 0. The van der Waals surface area contributed by atoms with Crippen LogP contribution >= 0.6 is 0 Å². The Morgan fingerprint density at radius 2 is 1.55 bits per heavy atom. The molecular weight excluding hydrogens is 136 g/mol. The van der Waals surface area contributed by atoms with Gasteiger partial charge in [-0.25, -0.2) is 0 Å². The van der Waals surface area contributed by atoms with E-state index >= 15 is 0 Å². The van der Waals surface area contributed by atoms with E-state index in [0.717, 1.165) is 25.7 Å². The van der Waals surface area contributed by atoms with Gasteiger partial charge in [0.05, 0.1) is 0 Å². The van der Waals surface area contributed by atoms with E-state index in [1.54, 1.807) is 6.92 Å². The van der Waals surface area contributed by atoms with Gasteiger partial charge in [-0.1, -0.05) is 34.1 Å². The van der Waals surface area contributed by atoms with Crippen molar-refractivity contribution in [1.29, 1.82) is 0 Å². The van der Waals surface area contributed by atoms with Crippen LogP contribution in [0, 0.1) is 5.92 Å². The van der Waals surface area contributed by atoms with Gasteiger partial charge in [-0.3, -0.25) is 4.79 Å². The first-order chi connectivity index (χ1) is 4.72. The van der Waals surface area contributed by atoms with Crippen LogP contribution in [-0.2, 0) is 4.79 Å². The van der Waals surface area contributed by atoms with E-state index < -0.39 is 0 Å². The lowest BCUT2D eigenvalue weighted by molar-refractivity contribution is -0.121. The summed E-state index contributed by atoms with van der Waals surface area (Å²) in [6.45, 7) is 5.97. The quantitative estimate of drug-likeness (QED) is 0.599. The highest BCUT2D eigenvalue weighted by Crippen LogP contribution is 2.13. The van der Waals surface area contributed by atoms with Gasteiger partial charge in [-0.15, -0.1) is 0 Å². The van der Waals surface area contributed by atoms with Crippen LogP contribution in [0.4, 0.5) is 0 Å². The van der Waals surface area contributed by atoms with Crippen LogP contribution in [0.3, 0.4) is 0 Å². The summed E-state index contributed by atoms with van der Waals surface area (Å²) in [6.07, 6.45) is 4.40. The molecule has 11 heavy (non-hydrogen) atoms. The van der Waals surface area contributed by atoms with Crippen LogP contribution in [0.15, 0.2) is 0 Å². The molecule has 0 N–H and O–H groups in total. The van der Waals surface area contributed by atoms with Crippen LogP contribution in [0.2, 0.25) is 0 Å². The van der Waals surface area contributed by atoms with Crippen molar-refractivity contribution in [2.75, 3.05) is 0 Å². The summed E-state index contributed by atoms with van der Waals surface area (Å²) in [7, 11) is 0. The van der Waals surface area contributed by atoms with Gasteiger partial charge >= 0.3 is 0 Å². The molecule has 0 radical (unpaired) electrons. The van der Waals surface area contributed by atoms with E-state index in [4.69, 9.17) is 0 Å². The molecular formula is C10H22O. The minimum Gasteiger partial charge on any atom is -0.300 e. The molecule has 1 heteroatoms. The summed E-state index contributed by atoms with van der Waals surface area (Å²) in [6, 6.07) is 0. The van der Waals surface area contributed by atoms with Gasteiger partial charge in [-0.05, 0) is 19.8 Å². The number of carbonyl (C=O) groups excluding carboxylic acids is 1. The molecule has 0 atom stereocenters. The maximum absolute atomic E-state index is 10.9. The lowest BCUT2D eigenvalue weighted by atomic mass is 9.95. The van der Waals surface area contributed by atoms with Gasteiger partial charge in [-0.2, -0.15) is 0 Å². The predicted molar refractivity (Wildman–Crippen MR) is 50.7 cm³/mol. The van der Waals surface area contributed by atoms with Gasteiger partial charge in [0.25, 0.3) is 0 Å². The van der Waals surface area contributed by atoms with Gasteiger partial charge in [0.15, 0.2) is 0 Å². The summed E-state index contributed by atoms with van der Waals surface area (Å²) in [5, 5.41) is 0. The molecule has 0 saturated heterocycles. The van der Waals surface area contributed by atoms with E-state index in [2.05, 4.69) is 13.8 Å². The Bertz CT molecular complexity index is 91.0. The lowest BCUT2D eigenvalue weighted by Gasteiger charge is -2.09. The van der Waals surface area contributed by atoms with Crippen LogP contribution in [0.25, 0.3) is 0 Å². The molecule has 0 saturated carbocycles. The second-order valence-corrected chi connectivity index (χ2v) is 2.88. The zero-order valence-corrected chi connectivity index (χ0v) is 7.31. The molecule has 0 heterocycles. The van der Waals surface area contributed by atoms with Crippen LogP contribution in [0.1, 0.15) is 53.9 Å². The number of carbonyl (C=O) groups is 1. The molecule has 0 aromatic heterocycles. The van der Waals surface area contributed by atoms with Gasteiger partial charge in [0.1, 0.15) is 5.78 Å². The van der Waals surface area contributed by atoms with Gasteiger partial charge < -0.3 is 0 Å². The molecule has 68 valence electrons. The highest BCUT2D eigenvalue weighted by Gasteiger charge is 2.10. The third kappa shape index (κ3) is 6.08. The summed E-state index contributed by atoms with van der Waals surface area (Å²) in [5.41, 5.74) is 0. The number of Topliss-reactive ketones (excluding diaryl/α,β-unsaturated/α-hetero) is 1. The van der Waals surface area contributed by atoms with E-state index in [1.807, 2.05) is 0 Å². The van der Waals surface area contributed by atoms with Crippen molar-refractivity contribution in [1.82, 2.24) is 0 Å². The Hall–Kier alpha value is -0.330. The molecule has 0 unspecified atom stereocenters. The predicted octanol–water partition coefficient (Wildman–Crippen LogP) is 3.43. The fourth-order valence-corrected chi connectivity index (χ4v) is 1.25. The maximum atomic E-state index is 10.9.